The van der Waals surface area contributed by atoms with Gasteiger partial charge in [0, 0.05) is 30.4 Å². The molecule has 2 rings (SSSR count). The van der Waals surface area contributed by atoms with Gasteiger partial charge in [-0.05, 0) is 6.42 Å². The second-order valence-electron chi connectivity index (χ2n) is 3.34. The second kappa shape index (κ2) is 3.63. The Morgan fingerprint density at radius 3 is 3.14 bits per heavy atom. The summed E-state index contributed by atoms with van der Waals surface area (Å²) in [6, 6.07) is 1.56. The van der Waals surface area contributed by atoms with Crippen LogP contribution in [0, 0.1) is 0 Å². The molecule has 0 aromatic carbocycles. The summed E-state index contributed by atoms with van der Waals surface area (Å²) in [6.07, 6.45) is 5.17. The van der Waals surface area contributed by atoms with Gasteiger partial charge < -0.3 is 11.1 Å². The number of aromatic nitrogens is 2. The molecule has 1 aromatic rings. The predicted octanol–water partition coefficient (Wildman–Crippen LogP) is 0.187. The van der Waals surface area contributed by atoms with Crippen LogP contribution in [0.1, 0.15) is 12.8 Å². The molecule has 1 aromatic heterocycles. The first-order valence-corrected chi connectivity index (χ1v) is 4.51. The van der Waals surface area contributed by atoms with E-state index in [0.29, 0.717) is 5.95 Å². The highest BCUT2D eigenvalue weighted by molar-refractivity contribution is 5.35. The van der Waals surface area contributed by atoms with Gasteiger partial charge in [0.1, 0.15) is 0 Å². The topological polar surface area (TPSA) is 83.8 Å². The Kier molecular flexibility index (Phi) is 2.32. The molecule has 5 nitrogen and oxygen atoms in total. The Morgan fingerprint density at radius 2 is 2.50 bits per heavy atom. The fourth-order valence-electron chi connectivity index (χ4n) is 1.43. The Labute approximate surface area is 81.1 Å². The van der Waals surface area contributed by atoms with E-state index in [4.69, 9.17) is 5.73 Å². The van der Waals surface area contributed by atoms with E-state index in [9.17, 15) is 4.79 Å². The number of hydrogen-bond donors (Lipinski definition) is 3. The summed E-state index contributed by atoms with van der Waals surface area (Å²) >= 11 is 0. The van der Waals surface area contributed by atoms with Crippen molar-refractivity contribution in [2.24, 2.45) is 5.73 Å². The molecule has 74 valence electrons. The van der Waals surface area contributed by atoms with E-state index in [1.54, 1.807) is 0 Å². The van der Waals surface area contributed by atoms with Crippen LogP contribution in [-0.2, 0) is 0 Å². The Hall–Kier alpha value is -1.62. The van der Waals surface area contributed by atoms with Gasteiger partial charge in [0.05, 0.1) is 0 Å². The molecule has 0 saturated heterocycles. The van der Waals surface area contributed by atoms with Crippen molar-refractivity contribution < 1.29 is 0 Å². The first kappa shape index (κ1) is 8.96. The lowest BCUT2D eigenvalue weighted by Gasteiger charge is -2.06. The molecule has 1 atom stereocenters. The van der Waals surface area contributed by atoms with Gasteiger partial charge in [0.2, 0.25) is 5.95 Å². The van der Waals surface area contributed by atoms with Gasteiger partial charge >= 0.3 is 0 Å². The molecule has 0 spiro atoms. The van der Waals surface area contributed by atoms with Gasteiger partial charge in [-0.25, -0.2) is 4.98 Å². The third kappa shape index (κ3) is 2.00. The zero-order chi connectivity index (χ0) is 9.97. The van der Waals surface area contributed by atoms with Crippen LogP contribution in [0.5, 0.6) is 0 Å². The summed E-state index contributed by atoms with van der Waals surface area (Å²) in [7, 11) is 0. The van der Waals surface area contributed by atoms with Crippen molar-refractivity contribution in [3.8, 4) is 0 Å². The van der Waals surface area contributed by atoms with Crippen molar-refractivity contribution in [2.45, 2.75) is 18.9 Å². The van der Waals surface area contributed by atoms with E-state index < -0.39 is 0 Å². The van der Waals surface area contributed by atoms with Gasteiger partial charge in [0.15, 0.2) is 0 Å². The fourth-order valence-corrected chi connectivity index (χ4v) is 1.43. The highest BCUT2D eigenvalue weighted by atomic mass is 16.1. The summed E-state index contributed by atoms with van der Waals surface area (Å²) in [6.45, 7) is 0. The molecule has 0 fully saturated rings. The first-order chi connectivity index (χ1) is 6.74. The van der Waals surface area contributed by atoms with Crippen molar-refractivity contribution in [1.82, 2.24) is 9.97 Å². The zero-order valence-electron chi connectivity index (χ0n) is 7.66. The van der Waals surface area contributed by atoms with Gasteiger partial charge in [-0.3, -0.25) is 9.78 Å². The summed E-state index contributed by atoms with van der Waals surface area (Å²) in [5.74, 6) is 0.470. The minimum absolute atomic E-state index is 0.162. The van der Waals surface area contributed by atoms with Crippen molar-refractivity contribution in [3.05, 3.63) is 34.4 Å². The molecule has 1 unspecified atom stereocenters. The molecule has 1 heterocycles. The van der Waals surface area contributed by atoms with E-state index in [1.807, 2.05) is 6.08 Å². The molecule has 0 aliphatic heterocycles. The minimum Gasteiger partial charge on any atom is -0.330 e. The monoisotopic (exact) mass is 192 g/mol. The van der Waals surface area contributed by atoms with E-state index >= 15 is 0 Å². The maximum absolute atomic E-state index is 10.9. The molecule has 5 heteroatoms. The number of aromatic amines is 1. The molecular formula is C9H12N4O. The summed E-state index contributed by atoms with van der Waals surface area (Å²) in [4.78, 5) is 17.5. The molecule has 4 N–H and O–H groups in total. The maximum atomic E-state index is 10.9. The average molecular weight is 192 g/mol. The lowest BCUT2D eigenvalue weighted by atomic mass is 10.2. The van der Waals surface area contributed by atoms with E-state index in [-0.39, 0.29) is 11.6 Å². The SMILES string of the molecule is NC1CC=C(Nc2nccc(=O)[nH]2)C1. The normalized spacial score (nSPS) is 20.6. The maximum Gasteiger partial charge on any atom is 0.252 e. The average Bonchev–Trinajstić information content (AvgIpc) is 2.51. The number of nitrogens with two attached hydrogens (primary N) is 1. The second-order valence-corrected chi connectivity index (χ2v) is 3.34. The highest BCUT2D eigenvalue weighted by Crippen LogP contribution is 2.16. The van der Waals surface area contributed by atoms with Gasteiger partial charge in [0.25, 0.3) is 5.56 Å². The smallest absolute Gasteiger partial charge is 0.252 e. The molecule has 1 aliphatic carbocycles. The van der Waals surface area contributed by atoms with Crippen LogP contribution in [0.4, 0.5) is 5.95 Å². The van der Waals surface area contributed by atoms with E-state index in [2.05, 4.69) is 15.3 Å². The van der Waals surface area contributed by atoms with Crippen LogP contribution < -0.4 is 16.6 Å². The zero-order valence-corrected chi connectivity index (χ0v) is 7.66. The Morgan fingerprint density at radius 1 is 1.64 bits per heavy atom. The molecule has 1 aliphatic rings. The third-order valence-corrected chi connectivity index (χ3v) is 2.10. The van der Waals surface area contributed by atoms with E-state index in [1.165, 1.54) is 12.3 Å². The Balaban J connectivity index is 2.08. The number of nitrogens with zero attached hydrogens (tertiary/aromatic N) is 1. The van der Waals surface area contributed by atoms with Crippen molar-refractivity contribution in [3.63, 3.8) is 0 Å². The molecule has 0 radical (unpaired) electrons. The lowest BCUT2D eigenvalue weighted by molar-refractivity contribution is 0.721. The fraction of sp³-hybridized carbons (Fsp3) is 0.333. The number of anilines is 1. The Bertz CT molecular complexity index is 409. The van der Waals surface area contributed by atoms with Crippen LogP contribution in [0.2, 0.25) is 0 Å². The van der Waals surface area contributed by atoms with Crippen LogP contribution in [0.15, 0.2) is 28.8 Å². The van der Waals surface area contributed by atoms with E-state index in [0.717, 1.165) is 18.5 Å². The van der Waals surface area contributed by atoms with Gasteiger partial charge in [-0.15, -0.1) is 0 Å². The first-order valence-electron chi connectivity index (χ1n) is 4.51. The predicted molar refractivity (Wildman–Crippen MR) is 53.8 cm³/mol. The number of H-pyrrole nitrogens is 1. The van der Waals surface area contributed by atoms with Gasteiger partial charge in [-0.1, -0.05) is 6.08 Å². The van der Waals surface area contributed by atoms with Gasteiger partial charge in [-0.2, -0.15) is 0 Å². The molecule has 0 amide bonds. The van der Waals surface area contributed by atoms with Crippen LogP contribution in [0.25, 0.3) is 0 Å². The molecule has 0 bridgehead atoms. The number of hydrogen-bond acceptors (Lipinski definition) is 4. The summed E-state index contributed by atoms with van der Waals surface area (Å²) in [5.41, 5.74) is 6.58. The molecular weight excluding hydrogens is 180 g/mol. The summed E-state index contributed by atoms with van der Waals surface area (Å²) < 4.78 is 0. The highest BCUT2D eigenvalue weighted by Gasteiger charge is 2.12. The quantitative estimate of drug-likeness (QED) is 0.624. The standard InChI is InChI=1S/C9H12N4O/c10-6-1-2-7(5-6)12-9-11-4-3-8(14)13-9/h2-4,6H,1,5,10H2,(H2,11,12,13,14). The van der Waals surface area contributed by atoms with Crippen molar-refractivity contribution in [1.29, 1.82) is 0 Å². The summed E-state index contributed by atoms with van der Waals surface area (Å²) in [5, 5.41) is 3.03. The van der Waals surface area contributed by atoms with Crippen LogP contribution in [0.3, 0.4) is 0 Å². The van der Waals surface area contributed by atoms with Crippen LogP contribution >= 0.6 is 0 Å². The molecule has 0 saturated carbocycles. The molecule has 14 heavy (non-hydrogen) atoms. The number of nitrogens with one attached hydrogen (secondary N) is 2. The number of rotatable bonds is 2. The largest absolute Gasteiger partial charge is 0.330 e. The van der Waals surface area contributed by atoms with Crippen LogP contribution in [-0.4, -0.2) is 16.0 Å². The van der Waals surface area contributed by atoms with Crippen molar-refractivity contribution in [2.75, 3.05) is 5.32 Å². The third-order valence-electron chi connectivity index (χ3n) is 2.10. The minimum atomic E-state index is -0.162. The van der Waals surface area contributed by atoms with Crippen molar-refractivity contribution >= 4 is 5.95 Å². The lowest BCUT2D eigenvalue weighted by Crippen LogP contribution is -2.17.